The van der Waals surface area contributed by atoms with E-state index >= 15 is 0 Å². The summed E-state index contributed by atoms with van der Waals surface area (Å²) in [5, 5.41) is 3.48. The number of methoxy groups -OCH3 is 1. The molecule has 1 saturated carbocycles. The van der Waals surface area contributed by atoms with Crippen LogP contribution in [0.4, 0.5) is 11.4 Å². The molecule has 118 valence electrons. The Morgan fingerprint density at radius 2 is 1.76 bits per heavy atom. The van der Waals surface area contributed by atoms with Crippen molar-refractivity contribution in [1.82, 2.24) is 0 Å². The first-order chi connectivity index (χ1) is 10.0. The number of rotatable bonds is 6. The van der Waals surface area contributed by atoms with Crippen LogP contribution in [0.15, 0.2) is 24.3 Å². The third-order valence-corrected chi connectivity index (χ3v) is 5.20. The fraction of sp³-hybridized carbons (Fsp3) is 0.600. The summed E-state index contributed by atoms with van der Waals surface area (Å²) in [7, 11) is -1.46. The molecule has 2 N–H and O–H groups in total. The molecule has 21 heavy (non-hydrogen) atoms. The van der Waals surface area contributed by atoms with E-state index in [4.69, 9.17) is 4.74 Å². The summed E-state index contributed by atoms with van der Waals surface area (Å²) in [5.41, 5.74) is 1.58. The lowest BCUT2D eigenvalue weighted by molar-refractivity contribution is 0.0606. The van der Waals surface area contributed by atoms with Gasteiger partial charge < -0.3 is 10.1 Å². The fourth-order valence-corrected chi connectivity index (χ4v) is 3.28. The second-order valence-corrected chi connectivity index (χ2v) is 7.40. The topological polar surface area (TPSA) is 67.4 Å². The molecule has 1 fully saturated rings. The van der Waals surface area contributed by atoms with Gasteiger partial charge in [-0.3, -0.25) is 4.72 Å². The Hall–Kier alpha value is -1.27. The van der Waals surface area contributed by atoms with Gasteiger partial charge in [0.1, 0.15) is 0 Å². The van der Waals surface area contributed by atoms with Gasteiger partial charge in [0.15, 0.2) is 0 Å². The largest absolute Gasteiger partial charge is 0.380 e. The van der Waals surface area contributed by atoms with E-state index in [0.29, 0.717) is 11.7 Å². The van der Waals surface area contributed by atoms with Crippen LogP contribution < -0.4 is 10.0 Å². The molecule has 2 unspecified atom stereocenters. The maximum absolute atomic E-state index is 11.5. The quantitative estimate of drug-likeness (QED) is 0.847. The van der Waals surface area contributed by atoms with E-state index in [2.05, 4.69) is 10.0 Å². The van der Waals surface area contributed by atoms with Crippen molar-refractivity contribution >= 4 is 21.4 Å². The Balaban J connectivity index is 1.99. The van der Waals surface area contributed by atoms with Gasteiger partial charge >= 0.3 is 0 Å². The average molecular weight is 312 g/mol. The van der Waals surface area contributed by atoms with Crippen molar-refractivity contribution in [3.63, 3.8) is 0 Å². The van der Waals surface area contributed by atoms with E-state index in [-0.39, 0.29) is 11.9 Å². The van der Waals surface area contributed by atoms with Gasteiger partial charge in [-0.2, -0.15) is 0 Å². The molecule has 0 aliphatic heterocycles. The lowest BCUT2D eigenvalue weighted by Crippen LogP contribution is -2.37. The van der Waals surface area contributed by atoms with Gasteiger partial charge in [-0.05, 0) is 44.0 Å². The third kappa shape index (κ3) is 4.61. The Kier molecular flexibility index (Phi) is 5.47. The number of hydrogen-bond acceptors (Lipinski definition) is 4. The van der Waals surface area contributed by atoms with E-state index in [1.165, 1.54) is 12.8 Å². The maximum atomic E-state index is 11.5. The fourth-order valence-electron chi connectivity index (χ4n) is 2.64. The minimum absolute atomic E-state index is 0.0740. The summed E-state index contributed by atoms with van der Waals surface area (Å²) in [6, 6.07) is 7.67. The second kappa shape index (κ2) is 7.13. The molecule has 0 heterocycles. The molecule has 0 amide bonds. The minimum Gasteiger partial charge on any atom is -0.380 e. The molecule has 5 nitrogen and oxygen atoms in total. The SMILES string of the molecule is CCS(=O)(=O)Nc1ccc(NC2CCCCC2OC)cc1. The number of anilines is 2. The molecule has 6 heteroatoms. The molecule has 0 radical (unpaired) electrons. The first kappa shape index (κ1) is 16.1. The molecular formula is C15H24N2O3S. The lowest BCUT2D eigenvalue weighted by atomic mass is 9.92. The summed E-state index contributed by atoms with van der Waals surface area (Å²) in [4.78, 5) is 0. The van der Waals surface area contributed by atoms with E-state index in [1.807, 2.05) is 12.1 Å². The number of nitrogens with one attached hydrogen (secondary N) is 2. The highest BCUT2D eigenvalue weighted by Gasteiger charge is 2.24. The molecule has 2 atom stereocenters. The van der Waals surface area contributed by atoms with Gasteiger partial charge in [0.05, 0.1) is 17.9 Å². The second-order valence-electron chi connectivity index (χ2n) is 5.39. The first-order valence-corrected chi connectivity index (χ1v) is 9.09. The molecule has 1 aliphatic carbocycles. The summed E-state index contributed by atoms with van der Waals surface area (Å²) in [6.45, 7) is 1.62. The standard InChI is InChI=1S/C15H24N2O3S/c1-3-21(18,19)17-13-10-8-12(9-11-13)16-14-6-4-5-7-15(14)20-2/h8-11,14-17H,3-7H2,1-2H3. The zero-order chi connectivity index (χ0) is 15.3. The highest BCUT2D eigenvalue weighted by Crippen LogP contribution is 2.25. The van der Waals surface area contributed by atoms with E-state index in [9.17, 15) is 8.42 Å². The predicted octanol–water partition coefficient (Wildman–Crippen LogP) is 2.82. The van der Waals surface area contributed by atoms with Gasteiger partial charge in [0.2, 0.25) is 10.0 Å². The molecule has 1 aromatic rings. The van der Waals surface area contributed by atoms with E-state index < -0.39 is 10.0 Å². The van der Waals surface area contributed by atoms with Crippen LogP contribution in [-0.2, 0) is 14.8 Å². The van der Waals surface area contributed by atoms with Gasteiger partial charge in [0.25, 0.3) is 0 Å². The number of sulfonamides is 1. The average Bonchev–Trinajstić information content (AvgIpc) is 2.49. The molecule has 0 bridgehead atoms. The normalized spacial score (nSPS) is 22.8. The highest BCUT2D eigenvalue weighted by atomic mass is 32.2. The summed E-state index contributed by atoms with van der Waals surface area (Å²) < 4.78 is 31.1. The van der Waals surface area contributed by atoms with Crippen LogP contribution in [0.25, 0.3) is 0 Å². The van der Waals surface area contributed by atoms with Crippen molar-refractivity contribution in [2.45, 2.75) is 44.8 Å². The number of hydrogen-bond donors (Lipinski definition) is 2. The van der Waals surface area contributed by atoms with Crippen molar-refractivity contribution in [2.24, 2.45) is 0 Å². The Labute approximate surface area is 127 Å². The molecular weight excluding hydrogens is 288 g/mol. The Morgan fingerprint density at radius 1 is 1.14 bits per heavy atom. The molecule has 1 aromatic carbocycles. The van der Waals surface area contributed by atoms with Crippen molar-refractivity contribution < 1.29 is 13.2 Å². The van der Waals surface area contributed by atoms with Gasteiger partial charge in [0, 0.05) is 18.5 Å². The highest BCUT2D eigenvalue weighted by molar-refractivity contribution is 7.92. The van der Waals surface area contributed by atoms with Crippen LogP contribution >= 0.6 is 0 Å². The minimum atomic E-state index is -3.22. The van der Waals surface area contributed by atoms with Crippen molar-refractivity contribution in [3.8, 4) is 0 Å². The predicted molar refractivity (Wildman–Crippen MR) is 86.2 cm³/mol. The van der Waals surface area contributed by atoms with Gasteiger partial charge in [-0.15, -0.1) is 0 Å². The maximum Gasteiger partial charge on any atom is 0.232 e. The van der Waals surface area contributed by atoms with Crippen molar-refractivity contribution in [1.29, 1.82) is 0 Å². The monoisotopic (exact) mass is 312 g/mol. The molecule has 0 spiro atoms. The zero-order valence-electron chi connectivity index (χ0n) is 12.6. The van der Waals surface area contributed by atoms with E-state index in [1.54, 1.807) is 26.2 Å². The molecule has 1 aliphatic rings. The molecule has 0 saturated heterocycles. The summed E-state index contributed by atoms with van der Waals surface area (Å²) in [6.07, 6.45) is 4.86. The first-order valence-electron chi connectivity index (χ1n) is 7.44. The van der Waals surface area contributed by atoms with Gasteiger partial charge in [-0.1, -0.05) is 12.8 Å². The van der Waals surface area contributed by atoms with Crippen LogP contribution in [0.5, 0.6) is 0 Å². The zero-order valence-corrected chi connectivity index (χ0v) is 13.4. The number of ether oxygens (including phenoxy) is 1. The third-order valence-electron chi connectivity index (χ3n) is 3.90. The molecule has 0 aromatic heterocycles. The smallest absolute Gasteiger partial charge is 0.232 e. The van der Waals surface area contributed by atoms with E-state index in [0.717, 1.165) is 18.5 Å². The van der Waals surface area contributed by atoms with Crippen LogP contribution in [0.1, 0.15) is 32.6 Å². The van der Waals surface area contributed by atoms with Gasteiger partial charge in [-0.25, -0.2) is 8.42 Å². The summed E-state index contributed by atoms with van der Waals surface area (Å²) in [5.74, 6) is 0.0740. The Bertz CT molecular complexity index is 543. The molecule has 2 rings (SSSR count). The summed E-state index contributed by atoms with van der Waals surface area (Å²) >= 11 is 0. The van der Waals surface area contributed by atoms with Crippen LogP contribution in [0, 0.1) is 0 Å². The van der Waals surface area contributed by atoms with Crippen molar-refractivity contribution in [2.75, 3.05) is 22.9 Å². The number of benzene rings is 1. The van der Waals surface area contributed by atoms with Crippen LogP contribution in [-0.4, -0.2) is 33.4 Å². The van der Waals surface area contributed by atoms with Crippen LogP contribution in [0.3, 0.4) is 0 Å². The van der Waals surface area contributed by atoms with Crippen molar-refractivity contribution in [3.05, 3.63) is 24.3 Å². The lowest BCUT2D eigenvalue weighted by Gasteiger charge is -2.31. The van der Waals surface area contributed by atoms with Crippen LogP contribution in [0.2, 0.25) is 0 Å². The Morgan fingerprint density at radius 3 is 2.38 bits per heavy atom.